The maximum absolute atomic E-state index is 9.78. The molecule has 0 bridgehead atoms. The van der Waals surface area contributed by atoms with Crippen molar-refractivity contribution in [3.63, 3.8) is 0 Å². The van der Waals surface area contributed by atoms with Crippen LogP contribution in [0, 0.1) is 0 Å². The summed E-state index contributed by atoms with van der Waals surface area (Å²) in [5.41, 5.74) is 5.02. The summed E-state index contributed by atoms with van der Waals surface area (Å²) in [5.74, 6) is 0. The Kier molecular flexibility index (Phi) is 2.28. The van der Waals surface area contributed by atoms with Gasteiger partial charge in [0, 0.05) is 6.04 Å². The van der Waals surface area contributed by atoms with Crippen LogP contribution in [0.4, 0.5) is 0 Å². The monoisotopic (exact) mass is 144 g/mol. The van der Waals surface area contributed by atoms with Gasteiger partial charge in [0.05, 0.1) is 5.60 Å². The van der Waals surface area contributed by atoms with Crippen molar-refractivity contribution in [3.8, 4) is 0 Å². The third-order valence-electron chi connectivity index (χ3n) is 2.32. The van der Waals surface area contributed by atoms with E-state index in [9.17, 15) is 5.11 Å². The highest BCUT2D eigenvalue weighted by Gasteiger charge is 2.32. The van der Waals surface area contributed by atoms with Gasteiger partial charge in [-0.3, -0.25) is 0 Å². The van der Waals surface area contributed by atoms with Gasteiger partial charge in [-0.1, -0.05) is 0 Å². The van der Waals surface area contributed by atoms with E-state index in [-0.39, 0.29) is 6.04 Å². The van der Waals surface area contributed by atoms with E-state index in [1.54, 1.807) is 0 Å². The predicted octanol–water partition coefficient (Wildman–Crippen LogP) is -0.552. The van der Waals surface area contributed by atoms with Gasteiger partial charge in [-0.25, -0.2) is 0 Å². The summed E-state index contributed by atoms with van der Waals surface area (Å²) in [6, 6.07) is -0.102. The summed E-state index contributed by atoms with van der Waals surface area (Å²) < 4.78 is 0. The predicted molar refractivity (Wildman–Crippen MR) is 40.7 cm³/mol. The molecule has 0 aromatic carbocycles. The first-order chi connectivity index (χ1) is 4.65. The molecule has 1 heterocycles. The van der Waals surface area contributed by atoms with E-state index in [4.69, 9.17) is 5.73 Å². The number of aliphatic hydroxyl groups is 1. The van der Waals surface area contributed by atoms with Gasteiger partial charge in [-0.2, -0.15) is 0 Å². The van der Waals surface area contributed by atoms with Crippen LogP contribution in [0.1, 0.15) is 19.8 Å². The first-order valence-corrected chi connectivity index (χ1v) is 3.84. The molecule has 0 saturated carbocycles. The van der Waals surface area contributed by atoms with E-state index in [2.05, 4.69) is 5.32 Å². The van der Waals surface area contributed by atoms with Crippen molar-refractivity contribution in [3.05, 3.63) is 0 Å². The largest absolute Gasteiger partial charge is 0.388 e. The van der Waals surface area contributed by atoms with Crippen LogP contribution in [0.15, 0.2) is 0 Å². The first-order valence-electron chi connectivity index (χ1n) is 3.84. The Bertz CT molecular complexity index is 108. The zero-order chi connectivity index (χ0) is 7.61. The van der Waals surface area contributed by atoms with Gasteiger partial charge in [0.1, 0.15) is 0 Å². The number of rotatable bonds is 1. The Balaban J connectivity index is 2.48. The molecule has 3 nitrogen and oxygen atoms in total. The lowest BCUT2D eigenvalue weighted by Crippen LogP contribution is -2.52. The first kappa shape index (κ1) is 7.98. The zero-order valence-electron chi connectivity index (χ0n) is 6.43. The van der Waals surface area contributed by atoms with Crippen LogP contribution in [0.3, 0.4) is 0 Å². The molecule has 1 saturated heterocycles. The van der Waals surface area contributed by atoms with Crippen LogP contribution in [0.2, 0.25) is 0 Å². The number of nitrogens with two attached hydrogens (primary N) is 1. The SMILES string of the molecule is CC(N)C1(O)CCNCC1. The number of hydrogen-bond donors (Lipinski definition) is 3. The molecule has 1 aliphatic rings. The van der Waals surface area contributed by atoms with E-state index in [1.807, 2.05) is 6.92 Å². The van der Waals surface area contributed by atoms with E-state index >= 15 is 0 Å². The van der Waals surface area contributed by atoms with Crippen molar-refractivity contribution < 1.29 is 5.11 Å². The molecule has 0 aromatic heterocycles. The molecule has 0 amide bonds. The second kappa shape index (κ2) is 2.86. The molecule has 10 heavy (non-hydrogen) atoms. The van der Waals surface area contributed by atoms with Crippen LogP contribution < -0.4 is 11.1 Å². The Labute approximate surface area is 61.6 Å². The molecule has 1 rings (SSSR count). The lowest BCUT2D eigenvalue weighted by Gasteiger charge is -2.35. The summed E-state index contributed by atoms with van der Waals surface area (Å²) in [6.45, 7) is 3.64. The summed E-state index contributed by atoms with van der Waals surface area (Å²) >= 11 is 0. The number of piperidine rings is 1. The van der Waals surface area contributed by atoms with Crippen molar-refractivity contribution in [2.24, 2.45) is 5.73 Å². The number of nitrogens with one attached hydrogen (secondary N) is 1. The average Bonchev–Trinajstić information content (AvgIpc) is 1.89. The smallest absolute Gasteiger partial charge is 0.0819 e. The highest BCUT2D eigenvalue weighted by atomic mass is 16.3. The van der Waals surface area contributed by atoms with Gasteiger partial charge < -0.3 is 16.2 Å². The fourth-order valence-corrected chi connectivity index (χ4v) is 1.32. The Morgan fingerprint density at radius 1 is 1.50 bits per heavy atom. The van der Waals surface area contributed by atoms with Gasteiger partial charge in [0.25, 0.3) is 0 Å². The third-order valence-corrected chi connectivity index (χ3v) is 2.32. The molecule has 1 unspecified atom stereocenters. The fourth-order valence-electron chi connectivity index (χ4n) is 1.32. The van der Waals surface area contributed by atoms with Crippen molar-refractivity contribution in [1.29, 1.82) is 0 Å². The van der Waals surface area contributed by atoms with Gasteiger partial charge in [-0.15, -0.1) is 0 Å². The summed E-state index contributed by atoms with van der Waals surface area (Å²) in [5, 5.41) is 13.0. The lowest BCUT2D eigenvalue weighted by atomic mass is 9.86. The second-order valence-corrected chi connectivity index (χ2v) is 3.14. The molecule has 1 aliphatic heterocycles. The molecular formula is C7H16N2O. The summed E-state index contributed by atoms with van der Waals surface area (Å²) in [6.07, 6.45) is 1.56. The van der Waals surface area contributed by atoms with Crippen molar-refractivity contribution in [2.75, 3.05) is 13.1 Å². The molecule has 0 radical (unpaired) electrons. The summed E-state index contributed by atoms with van der Waals surface area (Å²) in [4.78, 5) is 0. The second-order valence-electron chi connectivity index (χ2n) is 3.14. The maximum atomic E-state index is 9.78. The van der Waals surface area contributed by atoms with Gasteiger partial charge in [-0.05, 0) is 32.9 Å². The Morgan fingerprint density at radius 3 is 2.30 bits per heavy atom. The maximum Gasteiger partial charge on any atom is 0.0819 e. The van der Waals surface area contributed by atoms with Crippen LogP contribution >= 0.6 is 0 Å². The number of hydrogen-bond acceptors (Lipinski definition) is 3. The normalized spacial score (nSPS) is 27.9. The molecule has 60 valence electrons. The van der Waals surface area contributed by atoms with E-state index in [0.29, 0.717) is 0 Å². The van der Waals surface area contributed by atoms with Crippen molar-refractivity contribution >= 4 is 0 Å². The fraction of sp³-hybridized carbons (Fsp3) is 1.00. The molecule has 0 aliphatic carbocycles. The topological polar surface area (TPSA) is 58.3 Å². The van der Waals surface area contributed by atoms with Crippen LogP contribution in [0.25, 0.3) is 0 Å². The van der Waals surface area contributed by atoms with E-state index in [0.717, 1.165) is 25.9 Å². The molecule has 0 spiro atoms. The summed E-state index contributed by atoms with van der Waals surface area (Å²) in [7, 11) is 0. The van der Waals surface area contributed by atoms with E-state index in [1.165, 1.54) is 0 Å². The molecular weight excluding hydrogens is 128 g/mol. The Morgan fingerprint density at radius 2 is 2.00 bits per heavy atom. The minimum atomic E-state index is -0.606. The van der Waals surface area contributed by atoms with E-state index < -0.39 is 5.60 Å². The standard InChI is InChI=1S/C7H16N2O/c1-6(8)7(10)2-4-9-5-3-7/h6,9-10H,2-5,8H2,1H3. The van der Waals surface area contributed by atoms with Crippen molar-refractivity contribution in [1.82, 2.24) is 5.32 Å². The molecule has 1 atom stereocenters. The molecule has 0 aromatic rings. The highest BCUT2D eigenvalue weighted by molar-refractivity contribution is 4.90. The van der Waals surface area contributed by atoms with Crippen LogP contribution in [0.5, 0.6) is 0 Å². The average molecular weight is 144 g/mol. The van der Waals surface area contributed by atoms with Crippen LogP contribution in [-0.2, 0) is 0 Å². The van der Waals surface area contributed by atoms with Gasteiger partial charge in [0.2, 0.25) is 0 Å². The van der Waals surface area contributed by atoms with Gasteiger partial charge >= 0.3 is 0 Å². The lowest BCUT2D eigenvalue weighted by molar-refractivity contribution is -0.00832. The Hall–Kier alpha value is -0.120. The van der Waals surface area contributed by atoms with Gasteiger partial charge in [0.15, 0.2) is 0 Å². The minimum Gasteiger partial charge on any atom is -0.388 e. The minimum absolute atomic E-state index is 0.102. The third kappa shape index (κ3) is 1.48. The quantitative estimate of drug-likeness (QED) is 0.463. The molecule has 1 fully saturated rings. The highest BCUT2D eigenvalue weighted by Crippen LogP contribution is 2.20. The van der Waals surface area contributed by atoms with Crippen molar-refractivity contribution in [2.45, 2.75) is 31.4 Å². The van der Waals surface area contributed by atoms with Crippen LogP contribution in [-0.4, -0.2) is 29.8 Å². The molecule has 3 heteroatoms. The molecule has 4 N–H and O–H groups in total. The zero-order valence-corrected chi connectivity index (χ0v) is 6.43.